The van der Waals surface area contributed by atoms with E-state index in [-0.39, 0.29) is 11.4 Å². The molecule has 0 aliphatic heterocycles. The van der Waals surface area contributed by atoms with Gasteiger partial charge in [0.15, 0.2) is 0 Å². The van der Waals surface area contributed by atoms with Crippen LogP contribution in [-0.2, 0) is 20.9 Å². The number of methoxy groups -OCH3 is 1. The highest BCUT2D eigenvalue weighted by Crippen LogP contribution is 2.30. The number of hydrogen-bond donors (Lipinski definition) is 1. The molecule has 0 amide bonds. The van der Waals surface area contributed by atoms with Gasteiger partial charge in [0, 0.05) is 18.5 Å². The summed E-state index contributed by atoms with van der Waals surface area (Å²) < 4.78 is 68.7. The van der Waals surface area contributed by atoms with Gasteiger partial charge < -0.3 is 4.74 Å². The summed E-state index contributed by atoms with van der Waals surface area (Å²) in [5.74, 6) is 0. The first-order valence-corrected chi connectivity index (χ1v) is 8.36. The molecule has 4 nitrogen and oxygen atoms in total. The van der Waals surface area contributed by atoms with Crippen molar-refractivity contribution in [1.29, 1.82) is 0 Å². The van der Waals surface area contributed by atoms with Gasteiger partial charge >= 0.3 is 6.18 Å². The molecule has 21 heavy (non-hydrogen) atoms. The summed E-state index contributed by atoms with van der Waals surface area (Å²) in [6.45, 7) is 0.503. The Balaban J connectivity index is 2.75. The van der Waals surface area contributed by atoms with Crippen LogP contribution >= 0.6 is 15.9 Å². The Hall–Kier alpha value is -0.640. The largest absolute Gasteiger partial charge is 0.416 e. The maximum Gasteiger partial charge on any atom is 0.416 e. The highest BCUT2D eigenvalue weighted by atomic mass is 79.9. The van der Waals surface area contributed by atoms with Gasteiger partial charge in [-0.2, -0.15) is 13.2 Å². The van der Waals surface area contributed by atoms with Crippen LogP contribution in [-0.4, -0.2) is 33.5 Å². The highest BCUT2D eigenvalue weighted by molar-refractivity contribution is 9.09. The van der Waals surface area contributed by atoms with E-state index in [4.69, 9.17) is 4.74 Å². The maximum absolute atomic E-state index is 12.6. The van der Waals surface area contributed by atoms with Crippen LogP contribution < -0.4 is 4.72 Å². The third kappa shape index (κ3) is 5.93. The minimum absolute atomic E-state index is 0.0355. The average Bonchev–Trinajstić information content (AvgIpc) is 2.38. The molecule has 0 heterocycles. The molecule has 0 saturated heterocycles. The lowest BCUT2D eigenvalue weighted by Gasteiger charge is -2.12. The number of benzene rings is 1. The van der Waals surface area contributed by atoms with Gasteiger partial charge in [0.05, 0.1) is 17.1 Å². The molecule has 0 bridgehead atoms. The van der Waals surface area contributed by atoms with E-state index in [0.29, 0.717) is 19.1 Å². The first-order valence-electron chi connectivity index (χ1n) is 5.97. The summed E-state index contributed by atoms with van der Waals surface area (Å²) in [7, 11) is -2.45. The molecule has 1 N–H and O–H groups in total. The SMILES string of the molecule is COCC(Br)CCNS(=O)(=O)c1cccc(C(F)(F)F)c1. The van der Waals surface area contributed by atoms with E-state index in [1.807, 2.05) is 0 Å². The Kier molecular flexibility index (Phi) is 6.64. The Morgan fingerprint density at radius 2 is 2.05 bits per heavy atom. The number of alkyl halides is 4. The average molecular weight is 390 g/mol. The second kappa shape index (κ2) is 7.57. The van der Waals surface area contributed by atoms with Crippen molar-refractivity contribution in [3.63, 3.8) is 0 Å². The maximum atomic E-state index is 12.6. The summed E-state index contributed by atoms with van der Waals surface area (Å²) in [6, 6.07) is 3.63. The van der Waals surface area contributed by atoms with E-state index in [1.165, 1.54) is 7.11 Å². The van der Waals surface area contributed by atoms with Crippen molar-refractivity contribution in [3.05, 3.63) is 29.8 Å². The van der Waals surface area contributed by atoms with Crippen LogP contribution in [0.3, 0.4) is 0 Å². The van der Waals surface area contributed by atoms with Crippen LogP contribution in [0.25, 0.3) is 0 Å². The fourth-order valence-electron chi connectivity index (χ4n) is 1.54. The summed E-state index contributed by atoms with van der Waals surface area (Å²) in [4.78, 5) is -0.443. The van der Waals surface area contributed by atoms with Gasteiger partial charge in [-0.05, 0) is 24.6 Å². The molecule has 1 aromatic carbocycles. The molecular weight excluding hydrogens is 375 g/mol. The van der Waals surface area contributed by atoms with Crippen LogP contribution in [0.2, 0.25) is 0 Å². The topological polar surface area (TPSA) is 55.4 Å². The van der Waals surface area contributed by atoms with Crippen molar-refractivity contribution in [2.24, 2.45) is 0 Å². The molecule has 120 valence electrons. The number of ether oxygens (including phenoxy) is 1. The number of rotatable bonds is 7. The van der Waals surface area contributed by atoms with Crippen LogP contribution in [0.5, 0.6) is 0 Å². The summed E-state index contributed by atoms with van der Waals surface area (Å²) in [6.07, 6.45) is -4.13. The van der Waals surface area contributed by atoms with Crippen molar-refractivity contribution in [1.82, 2.24) is 4.72 Å². The second-order valence-corrected chi connectivity index (χ2v) is 7.33. The fraction of sp³-hybridized carbons (Fsp3) is 0.500. The molecule has 1 unspecified atom stereocenters. The lowest BCUT2D eigenvalue weighted by Crippen LogP contribution is -2.27. The molecule has 1 atom stereocenters. The molecule has 9 heteroatoms. The van der Waals surface area contributed by atoms with E-state index in [9.17, 15) is 21.6 Å². The first-order chi connectivity index (χ1) is 9.66. The van der Waals surface area contributed by atoms with Gasteiger partial charge in [-0.3, -0.25) is 0 Å². The van der Waals surface area contributed by atoms with Crippen LogP contribution in [0.1, 0.15) is 12.0 Å². The van der Waals surface area contributed by atoms with Gasteiger partial charge in [0.1, 0.15) is 0 Å². The van der Waals surface area contributed by atoms with E-state index < -0.39 is 26.7 Å². The molecule has 1 aromatic rings. The van der Waals surface area contributed by atoms with Crippen LogP contribution in [0.4, 0.5) is 13.2 Å². The molecule has 0 fully saturated rings. The third-order valence-corrected chi connectivity index (χ3v) is 4.75. The first kappa shape index (κ1) is 18.4. The highest BCUT2D eigenvalue weighted by Gasteiger charge is 2.31. The van der Waals surface area contributed by atoms with E-state index in [2.05, 4.69) is 20.7 Å². The van der Waals surface area contributed by atoms with E-state index in [0.717, 1.165) is 18.2 Å². The van der Waals surface area contributed by atoms with Gasteiger partial charge in [-0.1, -0.05) is 22.0 Å². The normalized spacial score (nSPS) is 14.1. The predicted octanol–water partition coefficient (Wildman–Crippen LogP) is 2.78. The molecule has 1 rings (SSSR count). The molecule has 0 radical (unpaired) electrons. The fourth-order valence-corrected chi connectivity index (χ4v) is 3.12. The number of hydrogen-bond acceptors (Lipinski definition) is 3. The summed E-state index contributed by atoms with van der Waals surface area (Å²) in [5, 5.41) is 0. The Morgan fingerprint density at radius 1 is 1.38 bits per heavy atom. The number of nitrogens with one attached hydrogen (secondary N) is 1. The smallest absolute Gasteiger partial charge is 0.384 e. The van der Waals surface area contributed by atoms with E-state index >= 15 is 0 Å². The van der Waals surface area contributed by atoms with Crippen LogP contribution in [0, 0.1) is 0 Å². The van der Waals surface area contributed by atoms with Crippen molar-refractivity contribution >= 4 is 26.0 Å². The van der Waals surface area contributed by atoms with E-state index in [1.54, 1.807) is 0 Å². The van der Waals surface area contributed by atoms with Crippen molar-refractivity contribution in [3.8, 4) is 0 Å². The zero-order chi connectivity index (χ0) is 16.1. The number of sulfonamides is 1. The van der Waals surface area contributed by atoms with Crippen molar-refractivity contribution in [2.75, 3.05) is 20.3 Å². The third-order valence-electron chi connectivity index (χ3n) is 2.57. The zero-order valence-electron chi connectivity index (χ0n) is 11.2. The minimum atomic E-state index is -4.58. The standard InChI is InChI=1S/C12H15BrF3NO3S/c1-20-8-10(13)5-6-17-21(18,19)11-4-2-3-9(7-11)12(14,15)16/h2-4,7,10,17H,5-6,8H2,1H3. The summed E-state index contributed by atoms with van der Waals surface area (Å²) in [5.41, 5.74) is -0.997. The van der Waals surface area contributed by atoms with Crippen molar-refractivity contribution < 1.29 is 26.3 Å². The zero-order valence-corrected chi connectivity index (χ0v) is 13.6. The van der Waals surface area contributed by atoms with Gasteiger partial charge in [0.25, 0.3) is 0 Å². The molecular formula is C12H15BrF3NO3S. The Labute approximate surface area is 129 Å². The number of halogens is 4. The van der Waals surface area contributed by atoms with Crippen molar-refractivity contribution in [2.45, 2.75) is 22.3 Å². The van der Waals surface area contributed by atoms with Gasteiger partial charge in [-0.15, -0.1) is 0 Å². The monoisotopic (exact) mass is 389 g/mol. The Morgan fingerprint density at radius 3 is 2.62 bits per heavy atom. The second-order valence-electron chi connectivity index (χ2n) is 4.26. The lowest BCUT2D eigenvalue weighted by atomic mass is 10.2. The van der Waals surface area contributed by atoms with Gasteiger partial charge in [-0.25, -0.2) is 13.1 Å². The minimum Gasteiger partial charge on any atom is -0.384 e. The van der Waals surface area contributed by atoms with Gasteiger partial charge in [0.2, 0.25) is 10.0 Å². The van der Waals surface area contributed by atoms with Crippen LogP contribution in [0.15, 0.2) is 29.2 Å². The quantitative estimate of drug-likeness (QED) is 0.729. The molecule has 0 spiro atoms. The molecule has 0 aliphatic carbocycles. The molecule has 0 aromatic heterocycles. The molecule has 0 aliphatic rings. The summed E-state index contributed by atoms with van der Waals surface area (Å²) >= 11 is 3.29. The predicted molar refractivity (Wildman–Crippen MR) is 75.8 cm³/mol. The lowest BCUT2D eigenvalue weighted by molar-refractivity contribution is -0.137. The molecule has 0 saturated carbocycles. The Bertz CT molecular complexity index is 563.